The maximum Gasteiger partial charge on any atom is 0.245 e. The third kappa shape index (κ3) is 4.13. The molecule has 2 fully saturated rings. The molecule has 2 aliphatic heterocycles. The molecule has 0 aliphatic carbocycles. The summed E-state index contributed by atoms with van der Waals surface area (Å²) >= 11 is 0. The number of nitrogens with two attached hydrogens (primary N) is 1. The number of rotatable bonds is 6. The van der Waals surface area contributed by atoms with E-state index in [1.165, 1.54) is 11.6 Å². The lowest BCUT2D eigenvalue weighted by molar-refractivity contribution is -0.154. The van der Waals surface area contributed by atoms with E-state index in [0.29, 0.717) is 11.6 Å². The number of anilines is 1. The second-order valence-electron chi connectivity index (χ2n) is 10.8. The molecule has 0 saturated carbocycles. The number of benzene rings is 2. The highest BCUT2D eigenvalue weighted by atomic mass is 16.2. The van der Waals surface area contributed by atoms with Gasteiger partial charge in [-0.15, -0.1) is 0 Å². The van der Waals surface area contributed by atoms with Crippen molar-refractivity contribution in [3.8, 4) is 28.3 Å². The van der Waals surface area contributed by atoms with Crippen LogP contribution in [0.5, 0.6) is 0 Å². The second-order valence-corrected chi connectivity index (χ2v) is 10.8. The normalized spacial score (nSPS) is 16.1. The van der Waals surface area contributed by atoms with E-state index in [9.17, 15) is 4.79 Å². The number of amides is 1. The van der Waals surface area contributed by atoms with E-state index < -0.39 is 0 Å². The van der Waals surface area contributed by atoms with Crippen LogP contribution in [0.25, 0.3) is 39.5 Å². The number of likely N-dealkylation sites (tertiary alicyclic amines) is 2. The van der Waals surface area contributed by atoms with E-state index >= 15 is 0 Å². The van der Waals surface area contributed by atoms with E-state index in [1.54, 1.807) is 6.20 Å². The van der Waals surface area contributed by atoms with Gasteiger partial charge in [0.2, 0.25) is 5.91 Å². The number of imidazole rings is 1. The molecule has 1 spiro atoms. The van der Waals surface area contributed by atoms with Crippen molar-refractivity contribution in [3.05, 3.63) is 103 Å². The Labute approximate surface area is 232 Å². The van der Waals surface area contributed by atoms with E-state index in [2.05, 4.69) is 57.4 Å². The Hall–Kier alpha value is -4.82. The predicted molar refractivity (Wildman–Crippen MR) is 156 cm³/mol. The van der Waals surface area contributed by atoms with Crippen LogP contribution >= 0.6 is 0 Å². The summed E-state index contributed by atoms with van der Waals surface area (Å²) in [4.78, 5) is 30.4. The van der Waals surface area contributed by atoms with Crippen molar-refractivity contribution in [2.24, 2.45) is 5.41 Å². The van der Waals surface area contributed by atoms with E-state index in [1.807, 2.05) is 47.4 Å². The molecule has 0 radical (unpaired) electrons. The number of nitrogen functional groups attached to an aromatic ring is 1. The summed E-state index contributed by atoms with van der Waals surface area (Å²) in [5, 5.41) is 0. The lowest BCUT2D eigenvalue weighted by Crippen LogP contribution is -2.72. The Morgan fingerprint density at radius 1 is 0.925 bits per heavy atom. The topological polar surface area (TPSA) is 93.2 Å². The Kier molecular flexibility index (Phi) is 5.71. The molecule has 7 rings (SSSR count). The van der Waals surface area contributed by atoms with Gasteiger partial charge in [0, 0.05) is 55.6 Å². The fourth-order valence-electron chi connectivity index (χ4n) is 6.03. The molecule has 5 aromatic rings. The largest absolute Gasteiger partial charge is 0.383 e. The van der Waals surface area contributed by atoms with Crippen LogP contribution in [0.15, 0.2) is 97.7 Å². The van der Waals surface area contributed by atoms with E-state index in [0.717, 1.165) is 66.4 Å². The van der Waals surface area contributed by atoms with Crippen molar-refractivity contribution in [1.29, 1.82) is 0 Å². The molecular formula is C32H29N7O. The zero-order valence-electron chi connectivity index (χ0n) is 22.1. The second kappa shape index (κ2) is 9.43. The minimum Gasteiger partial charge on any atom is -0.383 e. The Morgan fingerprint density at radius 2 is 1.70 bits per heavy atom. The Bertz CT molecular complexity index is 1730. The van der Waals surface area contributed by atoms with Crippen LogP contribution in [0.4, 0.5) is 5.82 Å². The summed E-state index contributed by atoms with van der Waals surface area (Å²) < 4.78 is 2.07. The number of nitrogens with zero attached hydrogens (tertiary/aromatic N) is 6. The van der Waals surface area contributed by atoms with Crippen LogP contribution in [-0.4, -0.2) is 61.4 Å². The highest BCUT2D eigenvalue weighted by molar-refractivity contribution is 5.88. The first-order valence-electron chi connectivity index (χ1n) is 13.4. The first-order valence-corrected chi connectivity index (χ1v) is 13.4. The van der Waals surface area contributed by atoms with Gasteiger partial charge in [0.05, 0.1) is 11.3 Å². The van der Waals surface area contributed by atoms with Crippen LogP contribution in [0, 0.1) is 5.41 Å². The smallest absolute Gasteiger partial charge is 0.245 e. The average molecular weight is 528 g/mol. The average Bonchev–Trinajstić information content (AvgIpc) is 3.33. The van der Waals surface area contributed by atoms with Crippen molar-refractivity contribution in [1.82, 2.24) is 29.3 Å². The lowest BCUT2D eigenvalue weighted by Gasteiger charge is -2.60. The quantitative estimate of drug-likeness (QED) is 0.326. The minimum absolute atomic E-state index is 0.0319. The van der Waals surface area contributed by atoms with Crippen LogP contribution in [0.3, 0.4) is 0 Å². The molecule has 0 atom stereocenters. The number of hydrogen-bond acceptors (Lipinski definition) is 6. The number of carbonyl (C=O) groups is 1. The summed E-state index contributed by atoms with van der Waals surface area (Å²) in [5.74, 6) is 1.17. The molecule has 40 heavy (non-hydrogen) atoms. The molecule has 198 valence electrons. The summed E-state index contributed by atoms with van der Waals surface area (Å²) in [6.07, 6.45) is 3.09. The third-order valence-corrected chi connectivity index (χ3v) is 7.91. The van der Waals surface area contributed by atoms with Gasteiger partial charge in [-0.2, -0.15) is 0 Å². The predicted octanol–water partition coefficient (Wildman–Crippen LogP) is 4.56. The summed E-state index contributed by atoms with van der Waals surface area (Å²) in [6, 6.07) is 26.5. The zero-order chi connectivity index (χ0) is 27.3. The maximum absolute atomic E-state index is 11.8. The third-order valence-electron chi connectivity index (χ3n) is 7.91. The highest BCUT2D eigenvalue weighted by Gasteiger charge is 2.52. The molecule has 8 heteroatoms. The van der Waals surface area contributed by atoms with Crippen molar-refractivity contribution < 1.29 is 4.79 Å². The van der Waals surface area contributed by atoms with Gasteiger partial charge < -0.3 is 10.6 Å². The molecule has 2 N–H and O–H groups in total. The zero-order valence-corrected chi connectivity index (χ0v) is 22.1. The SMILES string of the molecule is C=CC(=O)N1CC2(CN(Cc3ccc(-n4c(-c5cccnc5N)nc5ccc(-c6ccccc6)nc54)cc3)C2)C1. The van der Waals surface area contributed by atoms with Gasteiger partial charge in [-0.25, -0.2) is 15.0 Å². The first kappa shape index (κ1) is 24.2. The van der Waals surface area contributed by atoms with Gasteiger partial charge in [-0.1, -0.05) is 49.0 Å². The molecule has 2 aliphatic rings. The monoisotopic (exact) mass is 527 g/mol. The standard InChI is InChI=1S/C32H29N7O/c1-2-28(40)38-20-32(21-38)18-37(19-32)17-22-10-12-24(13-11-22)39-30(25-9-6-16-34-29(25)33)36-27-15-14-26(35-31(27)39)23-7-4-3-5-8-23/h2-16H,1,17-21H2,(H2,33,34). The molecule has 1 amide bonds. The number of carbonyl (C=O) groups excluding carboxylic acids is 1. The highest BCUT2D eigenvalue weighted by Crippen LogP contribution is 2.40. The molecule has 2 aromatic carbocycles. The van der Waals surface area contributed by atoms with E-state index in [-0.39, 0.29) is 11.3 Å². The van der Waals surface area contributed by atoms with Gasteiger partial charge >= 0.3 is 0 Å². The number of aromatic nitrogens is 4. The molecule has 0 bridgehead atoms. The van der Waals surface area contributed by atoms with Crippen molar-refractivity contribution in [2.75, 3.05) is 31.9 Å². The van der Waals surface area contributed by atoms with Gasteiger partial charge in [-0.3, -0.25) is 14.3 Å². The maximum atomic E-state index is 11.8. The molecule has 2 saturated heterocycles. The number of fused-ring (bicyclic) bond motifs is 1. The molecule has 0 unspecified atom stereocenters. The molecular weight excluding hydrogens is 498 g/mol. The summed E-state index contributed by atoms with van der Waals surface area (Å²) in [5.41, 5.74) is 13.0. The summed E-state index contributed by atoms with van der Waals surface area (Å²) in [6.45, 7) is 8.16. The van der Waals surface area contributed by atoms with E-state index in [4.69, 9.17) is 15.7 Å². The molecule has 3 aromatic heterocycles. The Balaban J connectivity index is 1.19. The Morgan fingerprint density at radius 3 is 2.42 bits per heavy atom. The van der Waals surface area contributed by atoms with Crippen molar-refractivity contribution in [2.45, 2.75) is 6.54 Å². The van der Waals surface area contributed by atoms with Gasteiger partial charge in [0.1, 0.15) is 11.3 Å². The van der Waals surface area contributed by atoms with Crippen LogP contribution in [0.2, 0.25) is 0 Å². The number of pyridine rings is 2. The molecule has 8 nitrogen and oxygen atoms in total. The van der Waals surface area contributed by atoms with Crippen LogP contribution < -0.4 is 5.73 Å². The fourth-order valence-corrected chi connectivity index (χ4v) is 6.03. The van der Waals surface area contributed by atoms with Gasteiger partial charge in [-0.05, 0) is 48.0 Å². The van der Waals surface area contributed by atoms with Crippen molar-refractivity contribution in [3.63, 3.8) is 0 Å². The van der Waals surface area contributed by atoms with Gasteiger partial charge in [0.15, 0.2) is 11.5 Å². The lowest BCUT2D eigenvalue weighted by atomic mass is 9.72. The number of hydrogen-bond donors (Lipinski definition) is 1. The fraction of sp³-hybridized carbons (Fsp3) is 0.188. The van der Waals surface area contributed by atoms with Crippen molar-refractivity contribution >= 4 is 22.9 Å². The van der Waals surface area contributed by atoms with Crippen LogP contribution in [-0.2, 0) is 11.3 Å². The summed E-state index contributed by atoms with van der Waals surface area (Å²) in [7, 11) is 0. The van der Waals surface area contributed by atoms with Crippen LogP contribution in [0.1, 0.15) is 5.56 Å². The molecule has 5 heterocycles. The van der Waals surface area contributed by atoms with Gasteiger partial charge in [0.25, 0.3) is 0 Å². The minimum atomic E-state index is 0.0319. The first-order chi connectivity index (χ1) is 19.5.